The van der Waals surface area contributed by atoms with E-state index in [0.717, 1.165) is 51.9 Å². The van der Waals surface area contributed by atoms with Gasteiger partial charge in [-0.1, -0.05) is 26.2 Å². The molecule has 1 aliphatic heterocycles. The van der Waals surface area contributed by atoms with Crippen LogP contribution in [0.5, 0.6) is 0 Å². The summed E-state index contributed by atoms with van der Waals surface area (Å²) in [6, 6.07) is 0. The zero-order valence-corrected chi connectivity index (χ0v) is 12.2. The highest BCUT2D eigenvalue weighted by atomic mass is 16.3. The Morgan fingerprint density at radius 1 is 1.37 bits per heavy atom. The maximum atomic E-state index is 11.9. The Hall–Kier alpha value is -0.610. The summed E-state index contributed by atoms with van der Waals surface area (Å²) in [4.78, 5) is 14.4. The minimum absolute atomic E-state index is 0.0272. The summed E-state index contributed by atoms with van der Waals surface area (Å²) in [5.41, 5.74) is -0.729. The molecule has 0 spiro atoms. The second-order valence-electron chi connectivity index (χ2n) is 6.31. The van der Waals surface area contributed by atoms with Gasteiger partial charge in [0.15, 0.2) is 0 Å². The predicted molar refractivity (Wildman–Crippen MR) is 75.9 cm³/mol. The molecule has 110 valence electrons. The normalized spacial score (nSPS) is 27.4. The molecule has 1 saturated heterocycles. The van der Waals surface area contributed by atoms with Crippen molar-refractivity contribution in [3.63, 3.8) is 0 Å². The molecule has 1 aliphatic carbocycles. The Bertz CT molecular complexity index is 301. The summed E-state index contributed by atoms with van der Waals surface area (Å²) in [6.45, 7) is 6.30. The lowest BCUT2D eigenvalue weighted by Crippen LogP contribution is -2.40. The van der Waals surface area contributed by atoms with Gasteiger partial charge in [-0.2, -0.15) is 0 Å². The summed E-state index contributed by atoms with van der Waals surface area (Å²) in [7, 11) is 0. The molecule has 4 nitrogen and oxygen atoms in total. The van der Waals surface area contributed by atoms with E-state index in [-0.39, 0.29) is 12.3 Å². The first-order valence-electron chi connectivity index (χ1n) is 7.83. The van der Waals surface area contributed by atoms with Crippen LogP contribution in [-0.4, -0.2) is 47.7 Å². The number of rotatable bonds is 5. The average Bonchev–Trinajstić information content (AvgIpc) is 2.84. The van der Waals surface area contributed by atoms with Crippen LogP contribution in [-0.2, 0) is 4.79 Å². The molecule has 1 atom stereocenters. The molecule has 19 heavy (non-hydrogen) atoms. The fourth-order valence-electron chi connectivity index (χ4n) is 3.37. The van der Waals surface area contributed by atoms with E-state index in [9.17, 15) is 9.90 Å². The number of amides is 1. The van der Waals surface area contributed by atoms with E-state index in [0.29, 0.717) is 5.92 Å². The molecule has 2 rings (SSSR count). The van der Waals surface area contributed by atoms with Crippen molar-refractivity contribution in [1.82, 2.24) is 10.2 Å². The first-order valence-corrected chi connectivity index (χ1v) is 7.83. The van der Waals surface area contributed by atoms with Crippen molar-refractivity contribution in [2.75, 3.05) is 26.2 Å². The van der Waals surface area contributed by atoms with Gasteiger partial charge in [0.1, 0.15) is 0 Å². The van der Waals surface area contributed by atoms with Gasteiger partial charge in [0.05, 0.1) is 12.0 Å². The van der Waals surface area contributed by atoms with Crippen molar-refractivity contribution in [3.05, 3.63) is 0 Å². The minimum atomic E-state index is -0.729. The molecule has 1 amide bonds. The van der Waals surface area contributed by atoms with Gasteiger partial charge in [0.2, 0.25) is 5.91 Å². The number of nitrogens with one attached hydrogen (secondary N) is 1. The predicted octanol–water partition coefficient (Wildman–Crippen LogP) is 1.53. The van der Waals surface area contributed by atoms with Crippen LogP contribution in [0.25, 0.3) is 0 Å². The van der Waals surface area contributed by atoms with Crippen LogP contribution in [0.1, 0.15) is 51.9 Å². The maximum absolute atomic E-state index is 11.9. The number of nitrogens with zero attached hydrogens (tertiary/aromatic N) is 1. The largest absolute Gasteiger partial charge is 0.389 e. The molecule has 4 heteroatoms. The van der Waals surface area contributed by atoms with E-state index >= 15 is 0 Å². The SMILES string of the molecule is CCN1CCC(CNC(=O)CC2(O)CCCCC2)C1. The lowest BCUT2D eigenvalue weighted by atomic mass is 9.82. The van der Waals surface area contributed by atoms with Crippen molar-refractivity contribution in [2.24, 2.45) is 5.92 Å². The second kappa shape index (κ2) is 6.71. The van der Waals surface area contributed by atoms with Gasteiger partial charge in [0, 0.05) is 13.1 Å². The van der Waals surface area contributed by atoms with Crippen LogP contribution in [0.15, 0.2) is 0 Å². The number of aliphatic hydroxyl groups is 1. The lowest BCUT2D eigenvalue weighted by Gasteiger charge is -2.31. The highest BCUT2D eigenvalue weighted by Gasteiger charge is 2.32. The van der Waals surface area contributed by atoms with Gasteiger partial charge in [-0.15, -0.1) is 0 Å². The van der Waals surface area contributed by atoms with Crippen LogP contribution in [0.4, 0.5) is 0 Å². The molecule has 2 fully saturated rings. The van der Waals surface area contributed by atoms with Crippen molar-refractivity contribution >= 4 is 5.91 Å². The van der Waals surface area contributed by atoms with Crippen molar-refractivity contribution in [3.8, 4) is 0 Å². The van der Waals surface area contributed by atoms with Gasteiger partial charge >= 0.3 is 0 Å². The standard InChI is InChI=1S/C15H28N2O2/c1-2-17-9-6-13(12-17)11-16-14(18)10-15(19)7-4-3-5-8-15/h13,19H,2-12H2,1H3,(H,16,18). The van der Waals surface area contributed by atoms with E-state index < -0.39 is 5.60 Å². The molecule has 0 aromatic heterocycles. The van der Waals surface area contributed by atoms with Gasteiger partial charge < -0.3 is 15.3 Å². The fourth-order valence-corrected chi connectivity index (χ4v) is 3.37. The molecular formula is C15H28N2O2. The molecule has 0 aromatic rings. The monoisotopic (exact) mass is 268 g/mol. The number of hydrogen-bond acceptors (Lipinski definition) is 3. The second-order valence-corrected chi connectivity index (χ2v) is 6.31. The Kier molecular flexibility index (Phi) is 5.22. The molecule has 1 saturated carbocycles. The van der Waals surface area contributed by atoms with Crippen LogP contribution in [0.2, 0.25) is 0 Å². The van der Waals surface area contributed by atoms with Crippen LogP contribution < -0.4 is 5.32 Å². The van der Waals surface area contributed by atoms with Gasteiger partial charge in [-0.25, -0.2) is 0 Å². The molecule has 2 N–H and O–H groups in total. The van der Waals surface area contributed by atoms with Crippen LogP contribution >= 0.6 is 0 Å². The maximum Gasteiger partial charge on any atom is 0.222 e. The summed E-state index contributed by atoms with van der Waals surface area (Å²) >= 11 is 0. The highest BCUT2D eigenvalue weighted by molar-refractivity contribution is 5.77. The number of carbonyl (C=O) groups excluding carboxylic acids is 1. The molecule has 0 aromatic carbocycles. The topological polar surface area (TPSA) is 52.6 Å². The number of hydrogen-bond donors (Lipinski definition) is 2. The zero-order chi connectivity index (χ0) is 13.7. The Balaban J connectivity index is 1.67. The molecular weight excluding hydrogens is 240 g/mol. The van der Waals surface area contributed by atoms with Gasteiger partial charge in [-0.05, 0) is 38.3 Å². The van der Waals surface area contributed by atoms with E-state index in [1.165, 1.54) is 12.8 Å². The third kappa shape index (κ3) is 4.46. The molecule has 0 radical (unpaired) electrons. The van der Waals surface area contributed by atoms with E-state index in [4.69, 9.17) is 0 Å². The first-order chi connectivity index (χ1) is 9.11. The smallest absolute Gasteiger partial charge is 0.222 e. The summed E-state index contributed by atoms with van der Waals surface area (Å²) < 4.78 is 0. The van der Waals surface area contributed by atoms with E-state index in [2.05, 4.69) is 17.1 Å². The van der Waals surface area contributed by atoms with Crippen molar-refractivity contribution in [1.29, 1.82) is 0 Å². The Morgan fingerprint density at radius 2 is 2.11 bits per heavy atom. The van der Waals surface area contributed by atoms with Gasteiger partial charge in [0.25, 0.3) is 0 Å². The highest BCUT2D eigenvalue weighted by Crippen LogP contribution is 2.30. The number of carbonyl (C=O) groups is 1. The molecule has 0 bridgehead atoms. The van der Waals surface area contributed by atoms with E-state index in [1.807, 2.05) is 0 Å². The molecule has 1 heterocycles. The lowest BCUT2D eigenvalue weighted by molar-refractivity contribution is -0.127. The van der Waals surface area contributed by atoms with Crippen LogP contribution in [0, 0.1) is 5.92 Å². The third-order valence-electron chi connectivity index (χ3n) is 4.68. The fraction of sp³-hybridized carbons (Fsp3) is 0.933. The quantitative estimate of drug-likeness (QED) is 0.795. The first kappa shape index (κ1) is 14.8. The average molecular weight is 268 g/mol. The number of likely N-dealkylation sites (tertiary alicyclic amines) is 1. The summed E-state index contributed by atoms with van der Waals surface area (Å²) in [5.74, 6) is 0.615. The van der Waals surface area contributed by atoms with Crippen LogP contribution in [0.3, 0.4) is 0 Å². The van der Waals surface area contributed by atoms with Crippen molar-refractivity contribution < 1.29 is 9.90 Å². The van der Waals surface area contributed by atoms with E-state index in [1.54, 1.807) is 0 Å². The molecule has 2 aliphatic rings. The Labute approximate surface area is 116 Å². The summed E-state index contributed by atoms with van der Waals surface area (Å²) in [6.07, 6.45) is 6.34. The minimum Gasteiger partial charge on any atom is -0.389 e. The van der Waals surface area contributed by atoms with Gasteiger partial charge in [-0.3, -0.25) is 4.79 Å². The van der Waals surface area contributed by atoms with Crippen molar-refractivity contribution in [2.45, 2.75) is 57.5 Å². The summed E-state index contributed by atoms with van der Waals surface area (Å²) in [5, 5.41) is 13.4. The Morgan fingerprint density at radius 3 is 2.74 bits per heavy atom. The molecule has 1 unspecified atom stereocenters. The zero-order valence-electron chi connectivity index (χ0n) is 12.2. The third-order valence-corrected chi connectivity index (χ3v) is 4.68.